The fourth-order valence-electron chi connectivity index (χ4n) is 4.84. The van der Waals surface area contributed by atoms with E-state index < -0.39 is 0 Å². The predicted molar refractivity (Wildman–Crippen MR) is 88.1 cm³/mol. The minimum absolute atomic E-state index is 0.710. The molecule has 0 heterocycles. The quantitative estimate of drug-likeness (QED) is 0.817. The number of rotatable bonds is 5. The van der Waals surface area contributed by atoms with E-state index in [4.69, 9.17) is 0 Å². The van der Waals surface area contributed by atoms with Gasteiger partial charge < -0.3 is 5.32 Å². The van der Waals surface area contributed by atoms with E-state index in [1.54, 1.807) is 0 Å². The molecule has 2 rings (SSSR count). The van der Waals surface area contributed by atoms with Gasteiger partial charge in [0.1, 0.15) is 0 Å². The minimum atomic E-state index is 0.710. The first-order valence-electron chi connectivity index (χ1n) is 9.06. The van der Waals surface area contributed by atoms with Crippen LogP contribution in [0.3, 0.4) is 0 Å². The highest BCUT2D eigenvalue weighted by Gasteiger charge is 2.36. The maximum atomic E-state index is 3.61. The van der Waals surface area contributed by atoms with Gasteiger partial charge in [-0.2, -0.15) is 0 Å². The topological polar surface area (TPSA) is 15.3 Å². The molecule has 20 heavy (non-hydrogen) atoms. The monoisotopic (exact) mass is 280 g/mol. The van der Waals surface area contributed by atoms with Gasteiger partial charge in [0.15, 0.2) is 0 Å². The Morgan fingerprint density at radius 1 is 1.05 bits per heavy atom. The fraction of sp³-hybridized carbons (Fsp3) is 1.00. The smallest absolute Gasteiger partial charge is 0.0251 e. The second-order valence-corrected chi connectivity index (χ2v) is 7.42. The van der Waals surface area contributed by atoms with E-state index in [0.717, 1.165) is 23.9 Å². The second kappa shape index (κ2) is 7.79. The summed E-state index contributed by atoms with van der Waals surface area (Å²) in [6.45, 7) is 4.81. The SMILES string of the molecule is CCCC1CCC(NC)C(N(C)C2CCCCC2C)C1. The van der Waals surface area contributed by atoms with Crippen LogP contribution in [-0.2, 0) is 0 Å². The lowest BCUT2D eigenvalue weighted by atomic mass is 9.77. The molecule has 1 N–H and O–H groups in total. The van der Waals surface area contributed by atoms with Crippen LogP contribution >= 0.6 is 0 Å². The molecule has 0 aromatic carbocycles. The summed E-state index contributed by atoms with van der Waals surface area (Å²) in [5, 5.41) is 3.61. The van der Waals surface area contributed by atoms with Crippen molar-refractivity contribution in [1.82, 2.24) is 10.2 Å². The van der Waals surface area contributed by atoms with Gasteiger partial charge in [0.25, 0.3) is 0 Å². The van der Waals surface area contributed by atoms with Gasteiger partial charge in [-0.15, -0.1) is 0 Å². The molecular weight excluding hydrogens is 244 g/mol. The molecule has 0 spiro atoms. The minimum Gasteiger partial charge on any atom is -0.315 e. The van der Waals surface area contributed by atoms with Crippen LogP contribution in [0.4, 0.5) is 0 Å². The maximum absolute atomic E-state index is 3.61. The zero-order valence-electron chi connectivity index (χ0n) is 14.2. The maximum Gasteiger partial charge on any atom is 0.0251 e. The zero-order chi connectivity index (χ0) is 14.5. The Labute approximate surface area is 126 Å². The van der Waals surface area contributed by atoms with E-state index >= 15 is 0 Å². The molecule has 2 saturated carbocycles. The first-order chi connectivity index (χ1) is 9.67. The summed E-state index contributed by atoms with van der Waals surface area (Å²) in [5.41, 5.74) is 0. The van der Waals surface area contributed by atoms with Gasteiger partial charge >= 0.3 is 0 Å². The third-order valence-corrected chi connectivity index (χ3v) is 6.11. The van der Waals surface area contributed by atoms with Crippen LogP contribution in [0.1, 0.15) is 71.6 Å². The third kappa shape index (κ3) is 3.76. The summed E-state index contributed by atoms with van der Waals surface area (Å²) in [7, 11) is 4.58. The van der Waals surface area contributed by atoms with Crippen LogP contribution in [0.2, 0.25) is 0 Å². The van der Waals surface area contributed by atoms with Gasteiger partial charge in [-0.05, 0) is 58.0 Å². The largest absolute Gasteiger partial charge is 0.315 e. The normalized spacial score (nSPS) is 39.1. The van der Waals surface area contributed by atoms with Crippen LogP contribution in [0.15, 0.2) is 0 Å². The molecule has 0 aromatic rings. The molecule has 0 radical (unpaired) electrons. The van der Waals surface area contributed by atoms with E-state index in [-0.39, 0.29) is 0 Å². The Kier molecular flexibility index (Phi) is 6.35. The second-order valence-electron chi connectivity index (χ2n) is 7.42. The van der Waals surface area contributed by atoms with Crippen LogP contribution in [-0.4, -0.2) is 37.1 Å². The lowest BCUT2D eigenvalue weighted by Gasteiger charge is -2.47. The van der Waals surface area contributed by atoms with Crippen LogP contribution in [0.25, 0.3) is 0 Å². The predicted octanol–water partition coefficient (Wildman–Crippen LogP) is 4.05. The Balaban J connectivity index is 2.01. The summed E-state index contributed by atoms with van der Waals surface area (Å²) in [6.07, 6.45) is 12.7. The molecule has 2 aliphatic carbocycles. The number of hydrogen-bond acceptors (Lipinski definition) is 2. The molecule has 0 saturated heterocycles. The molecule has 0 bridgehead atoms. The number of nitrogens with one attached hydrogen (secondary N) is 1. The van der Waals surface area contributed by atoms with Crippen LogP contribution < -0.4 is 5.32 Å². The molecule has 0 aliphatic heterocycles. The summed E-state index contributed by atoms with van der Waals surface area (Å²) in [5.74, 6) is 1.86. The van der Waals surface area contributed by atoms with E-state index in [1.807, 2.05) is 0 Å². The Bertz CT molecular complexity index is 279. The van der Waals surface area contributed by atoms with Crippen molar-refractivity contribution in [3.63, 3.8) is 0 Å². The number of likely N-dealkylation sites (N-methyl/N-ethyl adjacent to an activating group) is 2. The lowest BCUT2D eigenvalue weighted by Crippen LogP contribution is -2.55. The number of hydrogen-bond donors (Lipinski definition) is 1. The van der Waals surface area contributed by atoms with Crippen LogP contribution in [0.5, 0.6) is 0 Å². The Hall–Kier alpha value is -0.0800. The number of nitrogens with zero attached hydrogens (tertiary/aromatic N) is 1. The standard InChI is InChI=1S/C18H36N2/c1-5-8-15-11-12-16(19-3)18(13-15)20(4)17-10-7-6-9-14(17)2/h14-19H,5-13H2,1-4H3. The zero-order valence-corrected chi connectivity index (χ0v) is 14.2. The van der Waals surface area contributed by atoms with Crippen molar-refractivity contribution in [2.45, 2.75) is 89.8 Å². The summed E-state index contributed by atoms with van der Waals surface area (Å²) < 4.78 is 0. The van der Waals surface area contributed by atoms with Crippen molar-refractivity contribution in [2.75, 3.05) is 14.1 Å². The van der Waals surface area contributed by atoms with Gasteiger partial charge in [0.2, 0.25) is 0 Å². The third-order valence-electron chi connectivity index (χ3n) is 6.11. The van der Waals surface area contributed by atoms with E-state index in [2.05, 4.69) is 38.2 Å². The van der Waals surface area contributed by atoms with E-state index in [1.165, 1.54) is 57.8 Å². The van der Waals surface area contributed by atoms with E-state index in [9.17, 15) is 0 Å². The highest BCUT2D eigenvalue weighted by Crippen LogP contribution is 2.35. The molecule has 5 unspecified atom stereocenters. The van der Waals surface area contributed by atoms with Crippen molar-refractivity contribution in [3.05, 3.63) is 0 Å². The van der Waals surface area contributed by atoms with Crippen molar-refractivity contribution < 1.29 is 0 Å². The molecule has 0 aromatic heterocycles. The van der Waals surface area contributed by atoms with Gasteiger partial charge in [-0.25, -0.2) is 0 Å². The van der Waals surface area contributed by atoms with Crippen molar-refractivity contribution in [3.8, 4) is 0 Å². The van der Waals surface area contributed by atoms with Crippen molar-refractivity contribution in [2.24, 2.45) is 11.8 Å². The average Bonchev–Trinajstić information content (AvgIpc) is 2.47. The summed E-state index contributed by atoms with van der Waals surface area (Å²) >= 11 is 0. The molecule has 0 amide bonds. The Morgan fingerprint density at radius 2 is 1.80 bits per heavy atom. The first kappa shape index (κ1) is 16.3. The molecule has 5 atom stereocenters. The average molecular weight is 280 g/mol. The summed E-state index contributed by atoms with van der Waals surface area (Å²) in [6, 6.07) is 2.29. The summed E-state index contributed by atoms with van der Waals surface area (Å²) in [4.78, 5) is 2.77. The lowest BCUT2D eigenvalue weighted by molar-refractivity contribution is 0.0446. The van der Waals surface area contributed by atoms with Crippen molar-refractivity contribution >= 4 is 0 Å². The first-order valence-corrected chi connectivity index (χ1v) is 9.06. The van der Waals surface area contributed by atoms with Crippen LogP contribution in [0, 0.1) is 11.8 Å². The molecule has 2 aliphatic rings. The van der Waals surface area contributed by atoms with Gasteiger partial charge in [0.05, 0.1) is 0 Å². The van der Waals surface area contributed by atoms with E-state index in [0.29, 0.717) is 6.04 Å². The van der Waals surface area contributed by atoms with Gasteiger partial charge in [-0.1, -0.05) is 39.5 Å². The molecule has 2 nitrogen and oxygen atoms in total. The Morgan fingerprint density at radius 3 is 2.45 bits per heavy atom. The molecular formula is C18H36N2. The molecule has 2 fully saturated rings. The fourth-order valence-corrected chi connectivity index (χ4v) is 4.84. The highest BCUT2D eigenvalue weighted by molar-refractivity contribution is 4.93. The van der Waals surface area contributed by atoms with Crippen molar-refractivity contribution in [1.29, 1.82) is 0 Å². The molecule has 2 heteroatoms. The highest BCUT2D eigenvalue weighted by atomic mass is 15.2. The van der Waals surface area contributed by atoms with Gasteiger partial charge in [0, 0.05) is 18.1 Å². The molecule has 118 valence electrons. The van der Waals surface area contributed by atoms with Gasteiger partial charge in [-0.3, -0.25) is 4.90 Å².